The fourth-order valence-electron chi connectivity index (χ4n) is 2.79. The maximum atomic E-state index is 12.2. The Morgan fingerprint density at radius 2 is 1.81 bits per heavy atom. The van der Waals surface area contributed by atoms with E-state index in [2.05, 4.69) is 5.32 Å². The van der Waals surface area contributed by atoms with Gasteiger partial charge in [0, 0.05) is 11.8 Å². The molecular formula is C20H18N2O5. The van der Waals surface area contributed by atoms with Crippen molar-refractivity contribution in [2.45, 2.75) is 0 Å². The normalized spacial score (nSPS) is 13.6. The van der Waals surface area contributed by atoms with Crippen LogP contribution in [0.3, 0.4) is 0 Å². The molecule has 1 aliphatic rings. The van der Waals surface area contributed by atoms with Crippen LogP contribution in [0.1, 0.15) is 10.4 Å². The molecule has 2 aromatic rings. The molecule has 2 N–H and O–H groups in total. The standard InChI is InChI=1S/C20H18N2O5/c1-27-20(26)15-6-2-4-13(10-15)14-5-3-7-16(11-14)21-17-12-18(24)22(8-9-23)19(17)25/h2-7,10-12,21,23H,8-9H2,1H3. The molecule has 1 heterocycles. The number of carbonyl (C=O) groups excluding carboxylic acids is 3. The summed E-state index contributed by atoms with van der Waals surface area (Å²) >= 11 is 0. The van der Waals surface area contributed by atoms with Gasteiger partial charge in [0.05, 0.1) is 25.8 Å². The van der Waals surface area contributed by atoms with Crippen LogP contribution in [0.2, 0.25) is 0 Å². The van der Waals surface area contributed by atoms with Crippen molar-refractivity contribution in [2.24, 2.45) is 0 Å². The predicted molar refractivity (Wildman–Crippen MR) is 98.7 cm³/mol. The van der Waals surface area contributed by atoms with Crippen LogP contribution in [0, 0.1) is 0 Å². The van der Waals surface area contributed by atoms with E-state index in [-0.39, 0.29) is 18.8 Å². The smallest absolute Gasteiger partial charge is 0.337 e. The zero-order chi connectivity index (χ0) is 19.4. The maximum absolute atomic E-state index is 12.2. The third kappa shape index (κ3) is 3.88. The lowest BCUT2D eigenvalue weighted by atomic mass is 10.0. The van der Waals surface area contributed by atoms with Crippen molar-refractivity contribution in [3.8, 4) is 11.1 Å². The van der Waals surface area contributed by atoms with Crippen LogP contribution in [0.15, 0.2) is 60.3 Å². The molecule has 0 saturated heterocycles. The Kier molecular flexibility index (Phi) is 5.33. The maximum Gasteiger partial charge on any atom is 0.337 e. The van der Waals surface area contributed by atoms with Crippen LogP contribution in [0.5, 0.6) is 0 Å². The van der Waals surface area contributed by atoms with Crippen molar-refractivity contribution in [1.82, 2.24) is 4.90 Å². The van der Waals surface area contributed by atoms with Gasteiger partial charge in [0.25, 0.3) is 11.8 Å². The highest BCUT2D eigenvalue weighted by atomic mass is 16.5. The summed E-state index contributed by atoms with van der Waals surface area (Å²) in [6.45, 7) is -0.329. The van der Waals surface area contributed by atoms with Gasteiger partial charge in [-0.2, -0.15) is 0 Å². The molecule has 138 valence electrons. The van der Waals surface area contributed by atoms with Gasteiger partial charge in [-0.05, 0) is 35.4 Å². The summed E-state index contributed by atoms with van der Waals surface area (Å²) in [4.78, 5) is 36.7. The Hall–Kier alpha value is -3.45. The zero-order valence-corrected chi connectivity index (χ0v) is 14.6. The molecule has 0 saturated carbocycles. The molecule has 2 aromatic carbocycles. The molecule has 7 nitrogen and oxygen atoms in total. The number of amides is 2. The molecule has 1 aliphatic heterocycles. The van der Waals surface area contributed by atoms with E-state index in [0.29, 0.717) is 11.3 Å². The quantitative estimate of drug-likeness (QED) is 0.598. The van der Waals surface area contributed by atoms with Crippen molar-refractivity contribution < 1.29 is 24.2 Å². The van der Waals surface area contributed by atoms with Crippen LogP contribution in [0.4, 0.5) is 5.69 Å². The van der Waals surface area contributed by atoms with Gasteiger partial charge in [-0.1, -0.05) is 24.3 Å². The van der Waals surface area contributed by atoms with Gasteiger partial charge in [-0.25, -0.2) is 4.79 Å². The summed E-state index contributed by atoms with van der Waals surface area (Å²) in [5.41, 5.74) is 2.84. The number of hydrogen-bond donors (Lipinski definition) is 2. The topological polar surface area (TPSA) is 95.9 Å². The van der Waals surface area contributed by atoms with Crippen molar-refractivity contribution >= 4 is 23.5 Å². The lowest BCUT2D eigenvalue weighted by Gasteiger charge is -2.14. The number of carbonyl (C=O) groups is 3. The number of rotatable bonds is 6. The second-order valence-corrected chi connectivity index (χ2v) is 5.85. The minimum absolute atomic E-state index is 0.0420. The van der Waals surface area contributed by atoms with E-state index in [1.165, 1.54) is 13.2 Å². The second-order valence-electron chi connectivity index (χ2n) is 5.85. The number of benzene rings is 2. The summed E-state index contributed by atoms with van der Waals surface area (Å²) < 4.78 is 4.74. The number of nitrogens with zero attached hydrogens (tertiary/aromatic N) is 1. The Morgan fingerprint density at radius 3 is 2.52 bits per heavy atom. The van der Waals surface area contributed by atoms with Gasteiger partial charge in [0.2, 0.25) is 0 Å². The van der Waals surface area contributed by atoms with Crippen molar-refractivity contribution in [3.63, 3.8) is 0 Å². The van der Waals surface area contributed by atoms with E-state index < -0.39 is 17.8 Å². The number of aliphatic hydroxyl groups excluding tert-OH is 1. The molecule has 0 spiro atoms. The molecule has 0 aromatic heterocycles. The molecule has 0 atom stereocenters. The van der Waals surface area contributed by atoms with Crippen molar-refractivity contribution in [3.05, 3.63) is 65.9 Å². The van der Waals surface area contributed by atoms with Gasteiger partial charge in [0.15, 0.2) is 0 Å². The van der Waals surface area contributed by atoms with E-state index in [0.717, 1.165) is 16.0 Å². The number of methoxy groups -OCH3 is 1. The van der Waals surface area contributed by atoms with Gasteiger partial charge in [0.1, 0.15) is 5.70 Å². The second kappa shape index (κ2) is 7.84. The summed E-state index contributed by atoms with van der Waals surface area (Å²) in [6.07, 6.45) is 1.21. The van der Waals surface area contributed by atoms with E-state index in [1.54, 1.807) is 30.3 Å². The molecule has 3 rings (SSSR count). The van der Waals surface area contributed by atoms with Crippen LogP contribution in [0.25, 0.3) is 11.1 Å². The summed E-state index contributed by atoms with van der Waals surface area (Å²) in [6, 6.07) is 14.3. The highest BCUT2D eigenvalue weighted by Gasteiger charge is 2.30. The van der Waals surface area contributed by atoms with Gasteiger partial charge >= 0.3 is 5.97 Å². The highest BCUT2D eigenvalue weighted by molar-refractivity contribution is 6.17. The molecule has 0 unspecified atom stereocenters. The monoisotopic (exact) mass is 366 g/mol. The fourth-order valence-corrected chi connectivity index (χ4v) is 2.79. The van der Waals surface area contributed by atoms with Crippen LogP contribution >= 0.6 is 0 Å². The first-order chi connectivity index (χ1) is 13.0. The molecule has 27 heavy (non-hydrogen) atoms. The van der Waals surface area contributed by atoms with E-state index in [1.807, 2.05) is 18.2 Å². The highest BCUT2D eigenvalue weighted by Crippen LogP contribution is 2.25. The largest absolute Gasteiger partial charge is 0.465 e. The van der Waals surface area contributed by atoms with E-state index in [9.17, 15) is 14.4 Å². The number of β-amino-alcohol motifs (C(OH)–C–C–N with tert-alkyl or cyclic N) is 1. The van der Waals surface area contributed by atoms with E-state index in [4.69, 9.17) is 9.84 Å². The van der Waals surface area contributed by atoms with E-state index >= 15 is 0 Å². The molecule has 0 radical (unpaired) electrons. The van der Waals surface area contributed by atoms with Crippen molar-refractivity contribution in [2.75, 3.05) is 25.6 Å². The number of nitrogens with one attached hydrogen (secondary N) is 1. The number of ether oxygens (including phenoxy) is 1. The number of aliphatic hydroxyl groups is 1. The number of anilines is 1. The molecular weight excluding hydrogens is 348 g/mol. The summed E-state index contributed by atoms with van der Waals surface area (Å²) in [7, 11) is 1.33. The van der Waals surface area contributed by atoms with Crippen LogP contribution in [-0.4, -0.2) is 48.1 Å². The minimum atomic E-state index is -0.479. The lowest BCUT2D eigenvalue weighted by molar-refractivity contribution is -0.137. The summed E-state index contributed by atoms with van der Waals surface area (Å²) in [5.74, 6) is -1.36. The Labute approximate surface area is 155 Å². The van der Waals surface area contributed by atoms with Crippen molar-refractivity contribution in [1.29, 1.82) is 0 Å². The zero-order valence-electron chi connectivity index (χ0n) is 14.6. The first-order valence-corrected chi connectivity index (χ1v) is 8.27. The molecule has 7 heteroatoms. The molecule has 2 amide bonds. The third-order valence-corrected chi connectivity index (χ3v) is 4.09. The SMILES string of the molecule is COC(=O)c1cccc(-c2cccc(NC3=CC(=O)N(CCO)C3=O)c2)c1. The average molecular weight is 366 g/mol. The average Bonchev–Trinajstić information content (AvgIpc) is 2.95. The van der Waals surface area contributed by atoms with Gasteiger partial charge in [-0.15, -0.1) is 0 Å². The molecule has 0 aliphatic carbocycles. The first kappa shape index (κ1) is 18.3. The summed E-state index contributed by atoms with van der Waals surface area (Å²) in [5, 5.41) is 11.9. The predicted octanol–water partition coefficient (Wildman–Crippen LogP) is 1.80. The number of esters is 1. The van der Waals surface area contributed by atoms with Crippen LogP contribution in [-0.2, 0) is 14.3 Å². The number of hydrogen-bond acceptors (Lipinski definition) is 6. The molecule has 0 fully saturated rings. The lowest BCUT2D eigenvalue weighted by Crippen LogP contribution is -2.34. The first-order valence-electron chi connectivity index (χ1n) is 8.27. The fraction of sp³-hybridized carbons (Fsp3) is 0.150. The molecule has 0 bridgehead atoms. The van der Waals surface area contributed by atoms with Gasteiger partial charge < -0.3 is 15.2 Å². The number of imide groups is 1. The third-order valence-electron chi connectivity index (χ3n) is 4.09. The van der Waals surface area contributed by atoms with Gasteiger partial charge in [-0.3, -0.25) is 14.5 Å². The Balaban J connectivity index is 1.83. The Morgan fingerprint density at radius 1 is 1.11 bits per heavy atom. The van der Waals surface area contributed by atoms with Crippen LogP contribution < -0.4 is 5.32 Å². The Bertz CT molecular complexity index is 935. The minimum Gasteiger partial charge on any atom is -0.465 e.